The number of benzene rings is 2. The Hall–Kier alpha value is -1.89. The van der Waals surface area contributed by atoms with Gasteiger partial charge < -0.3 is 10.4 Å². The van der Waals surface area contributed by atoms with Gasteiger partial charge in [0.25, 0.3) is 0 Å². The van der Waals surface area contributed by atoms with Crippen molar-refractivity contribution in [1.29, 1.82) is 0 Å². The highest BCUT2D eigenvalue weighted by Crippen LogP contribution is 2.31. The second-order valence-corrected chi connectivity index (χ2v) is 11.3. The number of thiazole rings is 1. The molecular weight excluding hydrogens is 448 g/mol. The summed E-state index contributed by atoms with van der Waals surface area (Å²) in [6.07, 6.45) is 14.6. The summed E-state index contributed by atoms with van der Waals surface area (Å²) in [5.74, 6) is -0.102. The molecule has 0 amide bonds. The zero-order valence-corrected chi connectivity index (χ0v) is 20.8. The fraction of sp³-hybridized carbons (Fsp3) is 0.481. The van der Waals surface area contributed by atoms with Crippen molar-refractivity contribution in [1.82, 2.24) is 10.3 Å². The van der Waals surface area contributed by atoms with E-state index in [2.05, 4.69) is 16.4 Å². The zero-order valence-electron chi connectivity index (χ0n) is 19.2. The highest BCUT2D eigenvalue weighted by Gasteiger charge is 2.19. The lowest BCUT2D eigenvalue weighted by Gasteiger charge is -2.30. The first-order chi connectivity index (χ1) is 16.2. The molecule has 2 N–H and O–H groups in total. The minimum Gasteiger partial charge on any atom is -0.478 e. The van der Waals surface area contributed by atoms with E-state index in [1.165, 1.54) is 68.9 Å². The number of nitrogens with one attached hydrogen (secondary N) is 1. The molecule has 4 nitrogen and oxygen atoms in total. The molecule has 176 valence electrons. The fourth-order valence-corrected chi connectivity index (χ4v) is 6.70. The molecule has 33 heavy (non-hydrogen) atoms. The molecule has 1 heterocycles. The molecule has 2 aliphatic carbocycles. The van der Waals surface area contributed by atoms with E-state index >= 15 is 0 Å². The predicted octanol–water partition coefficient (Wildman–Crippen LogP) is 7.53. The Morgan fingerprint density at radius 3 is 2.09 bits per heavy atom. The SMILES string of the molecule is C1CCC(NC2CCCCC2)CC1.O=C(O)c1ccc(CSc2nc3ccccc3s2)cc1. The quantitative estimate of drug-likeness (QED) is 0.356. The topological polar surface area (TPSA) is 62.2 Å². The van der Waals surface area contributed by atoms with E-state index in [-0.39, 0.29) is 0 Å². The third-order valence-corrected chi connectivity index (χ3v) is 8.77. The van der Waals surface area contributed by atoms with Gasteiger partial charge in [-0.2, -0.15) is 0 Å². The van der Waals surface area contributed by atoms with Gasteiger partial charge in [0.1, 0.15) is 0 Å². The van der Waals surface area contributed by atoms with Crippen LogP contribution in [0, 0.1) is 0 Å². The van der Waals surface area contributed by atoms with Crippen molar-refractivity contribution < 1.29 is 9.90 Å². The number of rotatable bonds is 6. The summed E-state index contributed by atoms with van der Waals surface area (Å²) in [7, 11) is 0. The summed E-state index contributed by atoms with van der Waals surface area (Å²) >= 11 is 3.36. The van der Waals surface area contributed by atoms with Crippen LogP contribution in [0.3, 0.4) is 0 Å². The first-order valence-corrected chi connectivity index (χ1v) is 14.0. The van der Waals surface area contributed by atoms with Gasteiger partial charge in [0.05, 0.1) is 15.8 Å². The third kappa shape index (κ3) is 7.56. The number of thioether (sulfide) groups is 1. The molecule has 5 rings (SSSR count). The first-order valence-electron chi connectivity index (χ1n) is 12.2. The Bertz CT molecular complexity index is 957. The molecule has 3 aromatic rings. The summed E-state index contributed by atoms with van der Waals surface area (Å²) in [4.78, 5) is 15.3. The summed E-state index contributed by atoms with van der Waals surface area (Å²) < 4.78 is 2.23. The van der Waals surface area contributed by atoms with Gasteiger partial charge in [0.15, 0.2) is 4.34 Å². The molecule has 0 saturated heterocycles. The normalized spacial score (nSPS) is 17.5. The van der Waals surface area contributed by atoms with Gasteiger partial charge in [-0.05, 0) is 55.5 Å². The van der Waals surface area contributed by atoms with Crippen molar-refractivity contribution in [2.45, 2.75) is 86.4 Å². The average Bonchev–Trinajstić information content (AvgIpc) is 3.28. The summed E-state index contributed by atoms with van der Waals surface area (Å²) in [6, 6.07) is 16.8. The number of para-hydroxylation sites is 1. The third-order valence-electron chi connectivity index (χ3n) is 6.52. The largest absolute Gasteiger partial charge is 0.478 e. The molecule has 0 spiro atoms. The molecular formula is C27H34N2O2S2. The molecule has 2 fully saturated rings. The second-order valence-electron chi connectivity index (χ2n) is 9.07. The molecule has 2 aliphatic rings. The van der Waals surface area contributed by atoms with Crippen molar-refractivity contribution in [2.75, 3.05) is 0 Å². The van der Waals surface area contributed by atoms with Crippen LogP contribution >= 0.6 is 23.1 Å². The molecule has 2 aromatic carbocycles. The predicted molar refractivity (Wildman–Crippen MR) is 139 cm³/mol. The number of aromatic nitrogens is 1. The lowest BCUT2D eigenvalue weighted by molar-refractivity contribution is 0.0697. The van der Waals surface area contributed by atoms with Crippen molar-refractivity contribution in [3.8, 4) is 0 Å². The van der Waals surface area contributed by atoms with Crippen molar-refractivity contribution in [3.63, 3.8) is 0 Å². The molecule has 0 aliphatic heterocycles. The lowest BCUT2D eigenvalue weighted by Crippen LogP contribution is -2.40. The summed E-state index contributed by atoms with van der Waals surface area (Å²) in [5.41, 5.74) is 2.44. The average molecular weight is 483 g/mol. The summed E-state index contributed by atoms with van der Waals surface area (Å²) in [5, 5.41) is 12.7. The highest BCUT2D eigenvalue weighted by atomic mass is 32.2. The number of nitrogens with zero attached hydrogens (tertiary/aromatic N) is 1. The second kappa shape index (κ2) is 12.5. The lowest BCUT2D eigenvalue weighted by atomic mass is 9.91. The number of fused-ring (bicyclic) bond motifs is 1. The molecule has 6 heteroatoms. The van der Waals surface area contributed by atoms with Crippen LogP contribution in [0.15, 0.2) is 52.9 Å². The molecule has 1 aromatic heterocycles. The van der Waals surface area contributed by atoms with E-state index in [0.717, 1.165) is 33.3 Å². The van der Waals surface area contributed by atoms with E-state index < -0.39 is 5.97 Å². The van der Waals surface area contributed by atoms with Gasteiger partial charge in [-0.1, -0.05) is 74.6 Å². The molecule has 0 bridgehead atoms. The Morgan fingerprint density at radius 1 is 0.909 bits per heavy atom. The van der Waals surface area contributed by atoms with E-state index in [9.17, 15) is 4.79 Å². The van der Waals surface area contributed by atoms with Crippen LogP contribution in [0.5, 0.6) is 0 Å². The van der Waals surface area contributed by atoms with Gasteiger partial charge in [-0.25, -0.2) is 9.78 Å². The Kier molecular flexibility index (Phi) is 9.21. The Balaban J connectivity index is 0.000000172. The Morgan fingerprint density at radius 2 is 1.52 bits per heavy atom. The first kappa shape index (κ1) is 24.2. The van der Waals surface area contributed by atoms with Crippen LogP contribution in [0.25, 0.3) is 10.2 Å². The number of aromatic carboxylic acids is 1. The van der Waals surface area contributed by atoms with Gasteiger partial charge in [-0.3, -0.25) is 0 Å². The molecule has 0 radical (unpaired) electrons. The van der Waals surface area contributed by atoms with Gasteiger partial charge in [0, 0.05) is 17.8 Å². The van der Waals surface area contributed by atoms with Crippen molar-refractivity contribution >= 4 is 39.3 Å². The van der Waals surface area contributed by atoms with E-state index in [1.807, 2.05) is 30.3 Å². The maximum Gasteiger partial charge on any atom is 0.335 e. The standard InChI is InChI=1S/C15H11NO2S2.C12H23N/c17-14(18)11-7-5-10(6-8-11)9-19-15-16-12-3-1-2-4-13(12)20-15;1-3-7-11(8-4-1)13-12-9-5-2-6-10-12/h1-8H,9H2,(H,17,18);11-13H,1-10H2. The van der Waals surface area contributed by atoms with Crippen LogP contribution in [0.1, 0.15) is 80.1 Å². The fourth-order valence-electron chi connectivity index (χ4n) is 4.67. The van der Waals surface area contributed by atoms with Crippen molar-refractivity contribution in [3.05, 3.63) is 59.7 Å². The van der Waals surface area contributed by atoms with Crippen LogP contribution in [-0.4, -0.2) is 28.1 Å². The van der Waals surface area contributed by atoms with E-state index in [1.54, 1.807) is 35.2 Å². The Labute approximate surface area is 205 Å². The maximum absolute atomic E-state index is 10.8. The van der Waals surface area contributed by atoms with Crippen LogP contribution in [0.4, 0.5) is 0 Å². The van der Waals surface area contributed by atoms with Crippen LogP contribution < -0.4 is 5.32 Å². The highest BCUT2D eigenvalue weighted by molar-refractivity contribution is 8.00. The van der Waals surface area contributed by atoms with Crippen molar-refractivity contribution in [2.24, 2.45) is 0 Å². The smallest absolute Gasteiger partial charge is 0.335 e. The number of hydrogen-bond donors (Lipinski definition) is 2. The monoisotopic (exact) mass is 482 g/mol. The molecule has 0 atom stereocenters. The number of carboxylic acids is 1. The van der Waals surface area contributed by atoms with Gasteiger partial charge in [0.2, 0.25) is 0 Å². The van der Waals surface area contributed by atoms with Crippen LogP contribution in [0.2, 0.25) is 0 Å². The molecule has 2 saturated carbocycles. The van der Waals surface area contributed by atoms with Crippen LogP contribution in [-0.2, 0) is 5.75 Å². The van der Waals surface area contributed by atoms with E-state index in [4.69, 9.17) is 5.11 Å². The van der Waals surface area contributed by atoms with E-state index in [0.29, 0.717) is 5.56 Å². The molecule has 0 unspecified atom stereocenters. The van der Waals surface area contributed by atoms with Gasteiger partial charge >= 0.3 is 5.97 Å². The number of hydrogen-bond acceptors (Lipinski definition) is 5. The number of carboxylic acid groups (broad SMARTS) is 1. The summed E-state index contributed by atoms with van der Waals surface area (Å²) in [6.45, 7) is 0. The maximum atomic E-state index is 10.8. The zero-order chi connectivity index (χ0) is 22.9. The minimum atomic E-state index is -0.893. The van der Waals surface area contributed by atoms with Gasteiger partial charge in [-0.15, -0.1) is 11.3 Å². The number of carbonyl (C=O) groups is 1. The minimum absolute atomic E-state index is 0.318.